The molecule has 0 atom stereocenters. The molecular weight excluding hydrogens is 372 g/mol. The van der Waals surface area contributed by atoms with E-state index >= 15 is 0 Å². The van der Waals surface area contributed by atoms with Crippen LogP contribution >= 0.6 is 0 Å². The number of para-hydroxylation sites is 1. The molecule has 1 aliphatic rings. The summed E-state index contributed by atoms with van der Waals surface area (Å²) in [4.78, 5) is 12.6. The molecule has 1 fully saturated rings. The number of quaternary nitrogens is 1. The van der Waals surface area contributed by atoms with Crippen molar-refractivity contribution < 1.29 is 15.2 Å². The van der Waals surface area contributed by atoms with Crippen LogP contribution in [0.15, 0.2) is 54.6 Å². The lowest BCUT2D eigenvalue weighted by Crippen LogP contribution is -2.90. The number of carbonyl (C=O) groups is 1. The van der Waals surface area contributed by atoms with E-state index in [-0.39, 0.29) is 0 Å². The van der Waals surface area contributed by atoms with Crippen LogP contribution in [0.4, 0.5) is 0 Å². The second-order valence-corrected chi connectivity index (χ2v) is 8.26. The predicted molar refractivity (Wildman–Crippen MR) is 121 cm³/mol. The third kappa shape index (κ3) is 6.46. The molecule has 0 spiro atoms. The normalized spacial score (nSPS) is 15.1. The van der Waals surface area contributed by atoms with Gasteiger partial charge in [0, 0.05) is 29.0 Å². The van der Waals surface area contributed by atoms with Crippen LogP contribution in [0.3, 0.4) is 0 Å². The number of aromatic nitrogens is 1. The summed E-state index contributed by atoms with van der Waals surface area (Å²) in [6.45, 7) is 2.16. The highest BCUT2D eigenvalue weighted by atomic mass is 16.4. The topological polar surface area (TPSA) is 72.5 Å². The SMILES string of the molecule is CC(=O)[O-].c1ccc(-c2[nH]c3ccccc3c2CC[NH2+]C2CCCCCCC2)cc1. The summed E-state index contributed by atoms with van der Waals surface area (Å²) in [5, 5.41) is 12.9. The van der Waals surface area contributed by atoms with Crippen molar-refractivity contribution in [3.63, 3.8) is 0 Å². The summed E-state index contributed by atoms with van der Waals surface area (Å²) < 4.78 is 0. The number of rotatable bonds is 5. The maximum Gasteiger partial charge on any atom is 0.0859 e. The predicted octanol–water partition coefficient (Wildman–Crippen LogP) is 3.81. The average Bonchev–Trinajstić information content (AvgIpc) is 3.08. The van der Waals surface area contributed by atoms with Crippen molar-refractivity contribution in [1.29, 1.82) is 0 Å². The molecular formula is C26H34N2O2. The molecule has 1 aromatic heterocycles. The molecule has 4 heteroatoms. The molecule has 0 saturated heterocycles. The molecule has 0 aliphatic heterocycles. The number of hydrogen-bond donors (Lipinski definition) is 2. The number of hydrogen-bond acceptors (Lipinski definition) is 2. The van der Waals surface area contributed by atoms with Crippen molar-refractivity contribution in [3.8, 4) is 11.3 Å². The molecule has 3 N–H and O–H groups in total. The Hall–Kier alpha value is -2.59. The number of fused-ring (bicyclic) bond motifs is 1. The second kappa shape index (κ2) is 11.6. The summed E-state index contributed by atoms with van der Waals surface area (Å²) in [6, 6.07) is 20.4. The molecule has 0 radical (unpaired) electrons. The number of nitrogens with two attached hydrogens (primary N) is 1. The Kier molecular flexibility index (Phi) is 8.52. The molecule has 4 rings (SSSR count). The van der Waals surface area contributed by atoms with Crippen molar-refractivity contribution in [2.45, 2.75) is 64.3 Å². The number of aliphatic carboxylic acids is 1. The van der Waals surface area contributed by atoms with Crippen LogP contribution in [0.25, 0.3) is 22.2 Å². The van der Waals surface area contributed by atoms with E-state index in [2.05, 4.69) is 64.9 Å². The molecule has 1 aliphatic carbocycles. The van der Waals surface area contributed by atoms with Crippen molar-refractivity contribution in [1.82, 2.24) is 4.98 Å². The molecule has 2 aromatic carbocycles. The first kappa shape index (κ1) is 22.1. The van der Waals surface area contributed by atoms with E-state index in [4.69, 9.17) is 9.90 Å². The van der Waals surface area contributed by atoms with E-state index in [9.17, 15) is 0 Å². The van der Waals surface area contributed by atoms with Crippen LogP contribution in [0.2, 0.25) is 0 Å². The highest BCUT2D eigenvalue weighted by molar-refractivity contribution is 5.90. The minimum absolute atomic E-state index is 0.834. The molecule has 30 heavy (non-hydrogen) atoms. The minimum Gasteiger partial charge on any atom is -0.550 e. The lowest BCUT2D eigenvalue weighted by Gasteiger charge is -2.18. The summed E-state index contributed by atoms with van der Waals surface area (Å²) in [5.41, 5.74) is 5.34. The van der Waals surface area contributed by atoms with Crippen molar-refractivity contribution in [2.75, 3.05) is 6.54 Å². The van der Waals surface area contributed by atoms with Crippen LogP contribution in [-0.2, 0) is 11.2 Å². The number of carboxylic acids is 1. The Labute approximate surface area is 179 Å². The summed E-state index contributed by atoms with van der Waals surface area (Å²) in [6.07, 6.45) is 11.1. The van der Waals surface area contributed by atoms with E-state index in [1.54, 1.807) is 0 Å². The quantitative estimate of drug-likeness (QED) is 0.676. The fourth-order valence-electron chi connectivity index (χ4n) is 4.50. The first-order valence-corrected chi connectivity index (χ1v) is 11.3. The smallest absolute Gasteiger partial charge is 0.0859 e. The molecule has 1 saturated carbocycles. The fraction of sp³-hybridized carbons (Fsp3) is 0.423. The summed E-state index contributed by atoms with van der Waals surface area (Å²) >= 11 is 0. The maximum absolute atomic E-state index is 8.89. The lowest BCUT2D eigenvalue weighted by molar-refractivity contribution is -0.690. The maximum atomic E-state index is 8.89. The highest BCUT2D eigenvalue weighted by Gasteiger charge is 2.16. The highest BCUT2D eigenvalue weighted by Crippen LogP contribution is 2.30. The Bertz CT molecular complexity index is 905. The van der Waals surface area contributed by atoms with Gasteiger partial charge in [0.15, 0.2) is 0 Å². The van der Waals surface area contributed by atoms with Gasteiger partial charge in [-0.2, -0.15) is 0 Å². The van der Waals surface area contributed by atoms with Crippen LogP contribution in [0, 0.1) is 0 Å². The zero-order valence-electron chi connectivity index (χ0n) is 18.0. The van der Waals surface area contributed by atoms with Crippen LogP contribution in [0.1, 0.15) is 57.4 Å². The molecule has 0 amide bonds. The van der Waals surface area contributed by atoms with E-state index in [1.165, 1.54) is 79.2 Å². The number of H-pyrrole nitrogens is 1. The van der Waals surface area contributed by atoms with Gasteiger partial charge in [-0.1, -0.05) is 67.8 Å². The number of aromatic amines is 1. The number of carboxylic acid groups (broad SMARTS) is 1. The molecule has 1 heterocycles. The van der Waals surface area contributed by atoms with Crippen molar-refractivity contribution >= 4 is 16.9 Å². The van der Waals surface area contributed by atoms with Gasteiger partial charge in [-0.15, -0.1) is 0 Å². The molecule has 4 nitrogen and oxygen atoms in total. The number of nitrogens with one attached hydrogen (secondary N) is 1. The summed E-state index contributed by atoms with van der Waals surface area (Å²) in [7, 11) is 0. The molecule has 0 unspecified atom stereocenters. The summed E-state index contributed by atoms with van der Waals surface area (Å²) in [5.74, 6) is -1.08. The first-order chi connectivity index (χ1) is 14.6. The first-order valence-electron chi connectivity index (χ1n) is 11.3. The molecule has 160 valence electrons. The van der Waals surface area contributed by atoms with Gasteiger partial charge < -0.3 is 20.2 Å². The van der Waals surface area contributed by atoms with Crippen molar-refractivity contribution in [3.05, 3.63) is 60.2 Å². The molecule has 3 aromatic rings. The number of benzene rings is 2. The van der Waals surface area contributed by atoms with Crippen LogP contribution < -0.4 is 10.4 Å². The fourth-order valence-corrected chi connectivity index (χ4v) is 4.50. The van der Waals surface area contributed by atoms with Gasteiger partial charge >= 0.3 is 0 Å². The molecule has 0 bridgehead atoms. The number of carbonyl (C=O) groups excluding carboxylic acids is 1. The van der Waals surface area contributed by atoms with Gasteiger partial charge in [0.1, 0.15) is 0 Å². The largest absolute Gasteiger partial charge is 0.550 e. The standard InChI is InChI=1S/C24H30N2.C2H4O2/c1-2-7-13-20(14-8-3-1)25-18-17-22-21-15-9-10-16-23(21)26-24(22)19-11-5-4-6-12-19;1-2(3)4/h4-6,9-12,15-16,20,25-26H,1-3,7-8,13-14,17-18H2;1H3,(H,3,4). The Morgan fingerprint density at radius 3 is 2.27 bits per heavy atom. The van der Waals surface area contributed by atoms with Gasteiger partial charge in [-0.25, -0.2) is 0 Å². The zero-order chi connectivity index (χ0) is 21.2. The van der Waals surface area contributed by atoms with Gasteiger partial charge in [-0.3, -0.25) is 0 Å². The Balaban J connectivity index is 0.000000589. The van der Waals surface area contributed by atoms with E-state index < -0.39 is 5.97 Å². The monoisotopic (exact) mass is 406 g/mol. The van der Waals surface area contributed by atoms with E-state index in [1.807, 2.05) is 0 Å². The lowest BCUT2D eigenvalue weighted by atomic mass is 9.96. The van der Waals surface area contributed by atoms with Crippen LogP contribution in [0.5, 0.6) is 0 Å². The van der Waals surface area contributed by atoms with Gasteiger partial charge in [-0.05, 0) is 49.8 Å². The van der Waals surface area contributed by atoms with Gasteiger partial charge in [0.2, 0.25) is 0 Å². The average molecular weight is 407 g/mol. The zero-order valence-corrected chi connectivity index (χ0v) is 18.0. The Morgan fingerprint density at radius 1 is 0.967 bits per heavy atom. The third-order valence-electron chi connectivity index (χ3n) is 5.92. The van der Waals surface area contributed by atoms with Crippen LogP contribution in [-0.4, -0.2) is 23.5 Å². The third-order valence-corrected chi connectivity index (χ3v) is 5.92. The second-order valence-electron chi connectivity index (χ2n) is 8.26. The van der Waals surface area contributed by atoms with Crippen molar-refractivity contribution in [2.24, 2.45) is 0 Å². The van der Waals surface area contributed by atoms with E-state index in [0.29, 0.717) is 0 Å². The van der Waals surface area contributed by atoms with Gasteiger partial charge in [0.05, 0.1) is 12.6 Å². The Morgan fingerprint density at radius 2 is 1.57 bits per heavy atom. The van der Waals surface area contributed by atoms with Gasteiger partial charge in [0.25, 0.3) is 0 Å². The van der Waals surface area contributed by atoms with E-state index in [0.717, 1.165) is 19.4 Å². The minimum atomic E-state index is -1.08.